The van der Waals surface area contributed by atoms with Crippen LogP contribution in [0.3, 0.4) is 0 Å². The Morgan fingerprint density at radius 3 is 2.08 bits per heavy atom. The number of rotatable bonds is 14. The normalized spacial score (nSPS) is 15.4. The van der Waals surface area contributed by atoms with E-state index in [1.165, 1.54) is 0 Å². The van der Waals surface area contributed by atoms with Crippen molar-refractivity contribution < 1.29 is 41.4 Å². The number of alkyl halides is 3. The summed E-state index contributed by atoms with van der Waals surface area (Å²) >= 11 is 0. The molecule has 0 aliphatic heterocycles. The first-order valence-corrected chi connectivity index (χ1v) is 16.1. The fraction of sp³-hybridized carbons (Fsp3) is 0.714. The summed E-state index contributed by atoms with van der Waals surface area (Å²) in [7, 11) is -2.00. The highest BCUT2D eigenvalue weighted by Gasteiger charge is 2.61. The molecule has 0 saturated heterocycles. The second-order valence-corrected chi connectivity index (χ2v) is 17.0. The van der Waals surface area contributed by atoms with Crippen molar-refractivity contribution in [2.75, 3.05) is 19.8 Å². The number of amides is 1. The van der Waals surface area contributed by atoms with Gasteiger partial charge in [0, 0.05) is 19.1 Å². The number of benzene rings is 1. The van der Waals surface area contributed by atoms with Crippen LogP contribution in [0.25, 0.3) is 0 Å². The monoisotopic (exact) mass is 577 g/mol. The summed E-state index contributed by atoms with van der Waals surface area (Å²) in [4.78, 5) is 25.0. The molecule has 1 amide bonds. The summed E-state index contributed by atoms with van der Waals surface area (Å²) in [5.74, 6) is -2.34. The maximum Gasteiger partial charge on any atom is 0.426 e. The van der Waals surface area contributed by atoms with Crippen molar-refractivity contribution in [3.8, 4) is 0 Å². The number of hydrogen-bond donors (Lipinski definition) is 1. The van der Waals surface area contributed by atoms with Gasteiger partial charge in [0.2, 0.25) is 5.60 Å². The fourth-order valence-electron chi connectivity index (χ4n) is 3.36. The molecule has 1 N–H and O–H groups in total. The van der Waals surface area contributed by atoms with Gasteiger partial charge >= 0.3 is 12.1 Å². The standard InChI is InChI=1S/C28H46F3NO6Si/c1-21(38-39(8,9)26(5,6)7)15-17-35-18-16-27(28(29,30)31,36-20-22-13-11-10-12-14-22)24(34)32-19-23(33)37-25(2,3)4/h10-14,21H,15-20H2,1-9H3,(H,32,34)/t21-,27?/m0/s1. The Bertz CT molecular complexity index is 913. The molecule has 0 spiro atoms. The van der Waals surface area contributed by atoms with Gasteiger partial charge in [-0.15, -0.1) is 0 Å². The van der Waals surface area contributed by atoms with E-state index in [1.54, 1.807) is 51.1 Å². The molecule has 39 heavy (non-hydrogen) atoms. The number of nitrogens with one attached hydrogen (secondary N) is 1. The summed E-state index contributed by atoms with van der Waals surface area (Å²) < 4.78 is 65.7. The second-order valence-electron chi connectivity index (χ2n) is 12.2. The van der Waals surface area contributed by atoms with E-state index in [0.29, 0.717) is 12.0 Å². The predicted octanol–water partition coefficient (Wildman–Crippen LogP) is 6.17. The van der Waals surface area contributed by atoms with Crippen molar-refractivity contribution in [3.05, 3.63) is 35.9 Å². The molecule has 0 aliphatic rings. The van der Waals surface area contributed by atoms with E-state index in [4.69, 9.17) is 18.6 Å². The Labute approximate surface area is 232 Å². The minimum Gasteiger partial charge on any atom is -0.459 e. The Morgan fingerprint density at radius 2 is 1.56 bits per heavy atom. The van der Waals surface area contributed by atoms with Crippen LogP contribution in [0, 0.1) is 0 Å². The van der Waals surface area contributed by atoms with Crippen molar-refractivity contribution in [1.82, 2.24) is 5.32 Å². The molecule has 2 atom stereocenters. The van der Waals surface area contributed by atoms with Gasteiger partial charge < -0.3 is 24.0 Å². The molecular formula is C28H46F3NO6Si. The number of halogens is 3. The van der Waals surface area contributed by atoms with Gasteiger partial charge in [-0.2, -0.15) is 13.2 Å². The predicted molar refractivity (Wildman–Crippen MR) is 147 cm³/mol. The first-order chi connectivity index (χ1) is 17.7. The van der Waals surface area contributed by atoms with Crippen LogP contribution < -0.4 is 5.32 Å². The zero-order chi connectivity index (χ0) is 30.1. The minimum atomic E-state index is -5.08. The molecule has 1 aromatic rings. The number of hydrogen-bond acceptors (Lipinski definition) is 6. The van der Waals surface area contributed by atoms with Crippen LogP contribution in [-0.4, -0.2) is 63.4 Å². The van der Waals surface area contributed by atoms with E-state index in [1.807, 2.05) is 6.92 Å². The summed E-state index contributed by atoms with van der Waals surface area (Å²) in [5, 5.41) is 2.08. The lowest BCUT2D eigenvalue weighted by Crippen LogP contribution is -2.60. The van der Waals surface area contributed by atoms with E-state index in [2.05, 4.69) is 39.2 Å². The van der Waals surface area contributed by atoms with Crippen molar-refractivity contribution in [2.24, 2.45) is 0 Å². The minimum absolute atomic E-state index is 0.0250. The molecule has 1 rings (SSSR count). The topological polar surface area (TPSA) is 83.1 Å². The van der Waals surface area contributed by atoms with Gasteiger partial charge in [0.05, 0.1) is 13.2 Å². The van der Waals surface area contributed by atoms with Crippen LogP contribution in [0.5, 0.6) is 0 Å². The maximum absolute atomic E-state index is 14.5. The highest BCUT2D eigenvalue weighted by atomic mass is 28.4. The quantitative estimate of drug-likeness (QED) is 0.162. The van der Waals surface area contributed by atoms with E-state index in [9.17, 15) is 22.8 Å². The van der Waals surface area contributed by atoms with Crippen molar-refractivity contribution >= 4 is 20.2 Å². The smallest absolute Gasteiger partial charge is 0.426 e. The molecule has 224 valence electrons. The largest absolute Gasteiger partial charge is 0.459 e. The van der Waals surface area contributed by atoms with Gasteiger partial charge in [0.15, 0.2) is 8.32 Å². The fourth-order valence-corrected chi connectivity index (χ4v) is 4.84. The lowest BCUT2D eigenvalue weighted by Gasteiger charge is -2.38. The van der Waals surface area contributed by atoms with Gasteiger partial charge in [0.1, 0.15) is 12.1 Å². The molecule has 0 saturated carbocycles. The van der Waals surface area contributed by atoms with Crippen molar-refractivity contribution in [1.29, 1.82) is 0 Å². The molecule has 0 aliphatic carbocycles. The van der Waals surface area contributed by atoms with E-state index in [-0.39, 0.29) is 24.4 Å². The molecule has 0 heterocycles. The van der Waals surface area contributed by atoms with Crippen molar-refractivity contribution in [2.45, 2.75) is 110 Å². The van der Waals surface area contributed by atoms with Gasteiger partial charge in [0.25, 0.3) is 5.91 Å². The van der Waals surface area contributed by atoms with E-state index >= 15 is 0 Å². The number of ether oxygens (including phenoxy) is 3. The molecular weight excluding hydrogens is 531 g/mol. The average molecular weight is 578 g/mol. The molecule has 11 heteroatoms. The highest BCUT2D eigenvalue weighted by Crippen LogP contribution is 2.39. The van der Waals surface area contributed by atoms with Crippen LogP contribution in [0.1, 0.15) is 66.9 Å². The van der Waals surface area contributed by atoms with E-state index in [0.717, 1.165) is 0 Å². The third-order valence-electron chi connectivity index (χ3n) is 6.54. The van der Waals surface area contributed by atoms with E-state index < -0.39 is 57.1 Å². The third kappa shape index (κ3) is 11.6. The van der Waals surface area contributed by atoms with Crippen LogP contribution in [0.15, 0.2) is 30.3 Å². The lowest BCUT2D eigenvalue weighted by molar-refractivity contribution is -0.275. The summed E-state index contributed by atoms with van der Waals surface area (Å²) in [6, 6.07) is 8.23. The maximum atomic E-state index is 14.5. The van der Waals surface area contributed by atoms with Crippen molar-refractivity contribution in [3.63, 3.8) is 0 Å². The molecule has 7 nitrogen and oxygen atoms in total. The van der Waals surface area contributed by atoms with Gasteiger partial charge in [-0.1, -0.05) is 51.1 Å². The summed E-state index contributed by atoms with van der Waals surface area (Å²) in [5.41, 5.74) is -3.62. The Morgan fingerprint density at radius 1 is 0.974 bits per heavy atom. The molecule has 0 fully saturated rings. The van der Waals surface area contributed by atoms with Crippen LogP contribution in [-0.2, 0) is 34.8 Å². The third-order valence-corrected chi connectivity index (χ3v) is 11.1. The van der Waals surface area contributed by atoms with Crippen LogP contribution in [0.4, 0.5) is 13.2 Å². The van der Waals surface area contributed by atoms with Gasteiger partial charge in [-0.05, 0) is 57.8 Å². The molecule has 0 radical (unpaired) electrons. The number of esters is 1. The van der Waals surface area contributed by atoms with Gasteiger partial charge in [-0.25, -0.2) is 0 Å². The second kappa shape index (κ2) is 14.1. The Kier molecular flexibility index (Phi) is 12.7. The molecule has 1 unspecified atom stereocenters. The average Bonchev–Trinajstić information content (AvgIpc) is 2.77. The molecule has 1 aromatic carbocycles. The zero-order valence-electron chi connectivity index (χ0n) is 24.8. The first-order valence-electron chi connectivity index (χ1n) is 13.2. The zero-order valence-corrected chi connectivity index (χ0v) is 25.8. The van der Waals surface area contributed by atoms with Crippen LogP contribution >= 0.6 is 0 Å². The Hall–Kier alpha value is -1.95. The number of carbonyl (C=O) groups excluding carboxylic acids is 2. The summed E-state index contributed by atoms with van der Waals surface area (Å²) in [6.45, 7) is 16.0. The van der Waals surface area contributed by atoms with Gasteiger partial charge in [-0.3, -0.25) is 9.59 Å². The SMILES string of the molecule is C[C@@H](CCOCCC(OCc1ccccc1)(C(=O)NCC(=O)OC(C)(C)C)C(F)(F)F)O[Si](C)(C)C(C)(C)C. The summed E-state index contributed by atoms with van der Waals surface area (Å²) in [6.07, 6.45) is -5.52. The Balaban J connectivity index is 2.93. The van der Waals surface area contributed by atoms with Crippen LogP contribution in [0.2, 0.25) is 18.1 Å². The molecule has 0 aromatic heterocycles. The number of carbonyl (C=O) groups is 2. The first kappa shape index (κ1) is 35.1. The highest BCUT2D eigenvalue weighted by molar-refractivity contribution is 6.74. The molecule has 0 bridgehead atoms. The lowest BCUT2D eigenvalue weighted by atomic mass is 9.97.